The molecule has 4 nitrogen and oxygen atoms in total. The normalized spacial score (nSPS) is 12.5. The zero-order valence-electron chi connectivity index (χ0n) is 11.2. The lowest BCUT2D eigenvalue weighted by Gasteiger charge is -2.20. The third kappa shape index (κ3) is 2.54. The number of nitrogens with two attached hydrogens (primary N) is 1. The number of hydrogen-bond acceptors (Lipinski definition) is 4. The maximum atomic E-state index is 5.71. The van der Waals surface area contributed by atoms with E-state index in [2.05, 4.69) is 34.3 Å². The molecule has 2 aromatic rings. The van der Waals surface area contributed by atoms with E-state index in [1.165, 1.54) is 5.56 Å². The average Bonchev–Trinajstić information content (AvgIpc) is 2.81. The van der Waals surface area contributed by atoms with Gasteiger partial charge in [0.1, 0.15) is 5.75 Å². The third-order valence-electron chi connectivity index (χ3n) is 3.35. The molecule has 1 aromatic carbocycles. The van der Waals surface area contributed by atoms with Crippen molar-refractivity contribution >= 4 is 15.9 Å². The minimum atomic E-state index is -0.192. The van der Waals surface area contributed by atoms with Gasteiger partial charge in [0, 0.05) is 11.1 Å². The highest BCUT2D eigenvalue weighted by Crippen LogP contribution is 2.36. The van der Waals surface area contributed by atoms with E-state index in [0.717, 1.165) is 22.4 Å². The van der Waals surface area contributed by atoms with E-state index >= 15 is 0 Å². The molecule has 1 aromatic heterocycles. The van der Waals surface area contributed by atoms with Crippen LogP contribution in [0.25, 0.3) is 0 Å². The Morgan fingerprint density at radius 1 is 1.26 bits per heavy atom. The van der Waals surface area contributed by atoms with Crippen LogP contribution in [0.1, 0.15) is 28.3 Å². The zero-order chi connectivity index (χ0) is 14.0. The van der Waals surface area contributed by atoms with Crippen LogP contribution in [0.15, 0.2) is 33.5 Å². The molecule has 0 aliphatic rings. The summed E-state index contributed by atoms with van der Waals surface area (Å²) in [5.74, 6) is 6.55. The van der Waals surface area contributed by atoms with Crippen molar-refractivity contribution in [2.45, 2.75) is 19.9 Å². The fraction of sp³-hybridized carbons (Fsp3) is 0.286. The number of nitrogens with one attached hydrogen (secondary N) is 1. The van der Waals surface area contributed by atoms with Gasteiger partial charge in [0.15, 0.2) is 4.67 Å². The summed E-state index contributed by atoms with van der Waals surface area (Å²) in [5.41, 5.74) is 7.02. The lowest BCUT2D eigenvalue weighted by atomic mass is 9.96. The van der Waals surface area contributed by atoms with Crippen molar-refractivity contribution in [3.63, 3.8) is 0 Å². The lowest BCUT2D eigenvalue weighted by Crippen LogP contribution is -2.29. The number of methoxy groups -OCH3 is 1. The quantitative estimate of drug-likeness (QED) is 0.669. The molecule has 102 valence electrons. The van der Waals surface area contributed by atoms with Gasteiger partial charge in [-0.05, 0) is 47.0 Å². The predicted molar refractivity (Wildman–Crippen MR) is 78.0 cm³/mol. The lowest BCUT2D eigenvalue weighted by molar-refractivity contribution is 0.400. The van der Waals surface area contributed by atoms with E-state index in [9.17, 15) is 0 Å². The van der Waals surface area contributed by atoms with Crippen molar-refractivity contribution < 1.29 is 9.15 Å². The van der Waals surface area contributed by atoms with Crippen LogP contribution in [0.3, 0.4) is 0 Å². The van der Waals surface area contributed by atoms with Gasteiger partial charge in [-0.25, -0.2) is 5.43 Å². The van der Waals surface area contributed by atoms with Gasteiger partial charge in [0.2, 0.25) is 0 Å². The summed E-state index contributed by atoms with van der Waals surface area (Å²) in [6.07, 6.45) is 1.62. The third-order valence-corrected chi connectivity index (χ3v) is 3.99. The molecule has 0 saturated carbocycles. The van der Waals surface area contributed by atoms with Crippen LogP contribution in [0.5, 0.6) is 5.75 Å². The first-order valence-corrected chi connectivity index (χ1v) is 6.72. The molecule has 19 heavy (non-hydrogen) atoms. The first-order valence-electron chi connectivity index (χ1n) is 5.93. The summed E-state index contributed by atoms with van der Waals surface area (Å²) < 4.78 is 11.5. The predicted octanol–water partition coefficient (Wildman–Crippen LogP) is 3.22. The van der Waals surface area contributed by atoms with Gasteiger partial charge in [-0.1, -0.05) is 12.1 Å². The molecule has 0 radical (unpaired) electrons. The Labute approximate surface area is 121 Å². The van der Waals surface area contributed by atoms with Crippen molar-refractivity contribution in [3.05, 3.63) is 51.4 Å². The van der Waals surface area contributed by atoms with Crippen LogP contribution < -0.4 is 16.0 Å². The fourth-order valence-corrected chi connectivity index (χ4v) is 2.64. The Bertz CT molecular complexity index is 581. The molecule has 0 bridgehead atoms. The average molecular weight is 325 g/mol. The molecule has 0 saturated heterocycles. The highest BCUT2D eigenvalue weighted by Gasteiger charge is 2.22. The van der Waals surface area contributed by atoms with E-state index in [1.807, 2.05) is 19.1 Å². The fourth-order valence-electron chi connectivity index (χ4n) is 2.17. The van der Waals surface area contributed by atoms with Gasteiger partial charge in [-0.2, -0.15) is 0 Å². The molecule has 0 amide bonds. The van der Waals surface area contributed by atoms with E-state index in [0.29, 0.717) is 4.67 Å². The summed E-state index contributed by atoms with van der Waals surface area (Å²) in [4.78, 5) is 0. The van der Waals surface area contributed by atoms with Crippen molar-refractivity contribution in [1.82, 2.24) is 5.43 Å². The molecule has 0 fully saturated rings. The number of ether oxygens (including phenoxy) is 1. The van der Waals surface area contributed by atoms with Gasteiger partial charge >= 0.3 is 0 Å². The Hall–Kier alpha value is -1.30. The van der Waals surface area contributed by atoms with Crippen LogP contribution in [0, 0.1) is 13.8 Å². The Balaban J connectivity index is 2.56. The van der Waals surface area contributed by atoms with Crippen molar-refractivity contribution in [2.24, 2.45) is 5.84 Å². The molecule has 2 rings (SSSR count). The Morgan fingerprint density at radius 2 is 2.00 bits per heavy atom. The second-order valence-electron chi connectivity index (χ2n) is 4.38. The molecule has 1 atom stereocenters. The molecular formula is C14H17BrN2O2. The number of benzene rings is 1. The molecule has 1 unspecified atom stereocenters. The van der Waals surface area contributed by atoms with E-state index < -0.39 is 0 Å². The number of aryl methyl sites for hydroxylation is 1. The Kier molecular flexibility index (Phi) is 4.29. The monoisotopic (exact) mass is 324 g/mol. The van der Waals surface area contributed by atoms with E-state index in [4.69, 9.17) is 15.0 Å². The molecule has 5 heteroatoms. The smallest absolute Gasteiger partial charge is 0.174 e. The standard InChI is InChI=1S/C14H17BrN2O2/c1-8-4-5-10(13(18-3)9(8)2)12(17-16)11-6-7-19-14(11)15/h4-7,12,17H,16H2,1-3H3. The number of halogens is 1. The van der Waals surface area contributed by atoms with Crippen molar-refractivity contribution in [2.75, 3.05) is 7.11 Å². The van der Waals surface area contributed by atoms with Crippen molar-refractivity contribution in [1.29, 1.82) is 0 Å². The van der Waals surface area contributed by atoms with Gasteiger partial charge in [0.25, 0.3) is 0 Å². The molecule has 0 aliphatic carbocycles. The number of rotatable bonds is 4. The molecule has 3 N–H and O–H groups in total. The van der Waals surface area contributed by atoms with Crippen LogP contribution in [-0.4, -0.2) is 7.11 Å². The van der Waals surface area contributed by atoms with Crippen LogP contribution in [-0.2, 0) is 0 Å². The maximum absolute atomic E-state index is 5.71. The van der Waals surface area contributed by atoms with Gasteiger partial charge in [-0.3, -0.25) is 5.84 Å². The van der Waals surface area contributed by atoms with Gasteiger partial charge < -0.3 is 9.15 Å². The molecule has 0 spiro atoms. The second kappa shape index (κ2) is 5.77. The second-order valence-corrected chi connectivity index (χ2v) is 5.10. The van der Waals surface area contributed by atoms with Crippen LogP contribution in [0.4, 0.5) is 0 Å². The van der Waals surface area contributed by atoms with Gasteiger partial charge in [-0.15, -0.1) is 0 Å². The number of hydrazine groups is 1. The first-order chi connectivity index (χ1) is 9.10. The summed E-state index contributed by atoms with van der Waals surface area (Å²) in [7, 11) is 1.67. The molecular weight excluding hydrogens is 308 g/mol. The number of hydrogen-bond donors (Lipinski definition) is 2. The minimum Gasteiger partial charge on any atom is -0.496 e. The summed E-state index contributed by atoms with van der Waals surface area (Å²) >= 11 is 3.38. The Morgan fingerprint density at radius 3 is 2.53 bits per heavy atom. The minimum absolute atomic E-state index is 0.192. The van der Waals surface area contributed by atoms with Gasteiger partial charge in [0.05, 0.1) is 19.4 Å². The van der Waals surface area contributed by atoms with E-state index in [1.54, 1.807) is 13.4 Å². The van der Waals surface area contributed by atoms with Crippen molar-refractivity contribution in [3.8, 4) is 5.75 Å². The summed E-state index contributed by atoms with van der Waals surface area (Å²) in [6, 6.07) is 5.77. The summed E-state index contributed by atoms with van der Waals surface area (Å²) in [6.45, 7) is 4.09. The summed E-state index contributed by atoms with van der Waals surface area (Å²) in [5, 5.41) is 0. The highest BCUT2D eigenvalue weighted by molar-refractivity contribution is 9.10. The molecule has 1 heterocycles. The first kappa shape index (κ1) is 14.1. The van der Waals surface area contributed by atoms with Crippen LogP contribution >= 0.6 is 15.9 Å². The largest absolute Gasteiger partial charge is 0.496 e. The zero-order valence-corrected chi connectivity index (χ0v) is 12.7. The van der Waals surface area contributed by atoms with Crippen LogP contribution in [0.2, 0.25) is 0 Å². The topological polar surface area (TPSA) is 60.4 Å². The highest BCUT2D eigenvalue weighted by atomic mass is 79.9. The SMILES string of the molecule is COc1c(C(NN)c2ccoc2Br)ccc(C)c1C. The molecule has 0 aliphatic heterocycles. The van der Waals surface area contributed by atoms with E-state index in [-0.39, 0.29) is 6.04 Å². The number of furan rings is 1. The maximum Gasteiger partial charge on any atom is 0.174 e.